The van der Waals surface area contributed by atoms with Crippen molar-refractivity contribution in [1.29, 1.82) is 0 Å². The summed E-state index contributed by atoms with van der Waals surface area (Å²) in [4.78, 5) is 39.2. The number of aliphatic imine (C=N–C) groups is 1. The van der Waals surface area contributed by atoms with Crippen LogP contribution in [0.15, 0.2) is 4.99 Å². The molecule has 0 radical (unpaired) electrons. The molecule has 0 saturated heterocycles. The van der Waals surface area contributed by atoms with E-state index < -0.39 is 22.7 Å². The van der Waals surface area contributed by atoms with Gasteiger partial charge in [0.1, 0.15) is 12.4 Å². The standard InChI is InChI=1S/C16H33NO3Si.C15H30O4Si/c1-12(2)14(15(18)19-7)10-13(11-17-6)20-21(8,9)16(3,4)5;1-11(2)13(14(17)18-6)9-12(10-16)19-20(7,8)15(3,4)5/h11-14H,10H2,1-9H3;10-13H,9H2,1-8H3/t13-,14-;12-,13-/m00/s1. The molecular weight excluding hydrogens is 555 g/mol. The minimum absolute atomic E-state index is 0.0346. The number of hydrogen-bond acceptors (Lipinski definition) is 8. The molecule has 10 heteroatoms. The first-order valence-electron chi connectivity index (χ1n) is 14.8. The fourth-order valence-corrected chi connectivity index (χ4v) is 6.16. The second-order valence-corrected chi connectivity index (χ2v) is 24.1. The van der Waals surface area contributed by atoms with E-state index in [4.69, 9.17) is 18.3 Å². The molecule has 0 amide bonds. The monoisotopic (exact) mass is 617 g/mol. The first kappa shape index (κ1) is 41.8. The molecule has 0 spiro atoms. The third-order valence-electron chi connectivity index (χ3n) is 8.56. The van der Waals surface area contributed by atoms with E-state index in [1.54, 1.807) is 7.05 Å². The van der Waals surface area contributed by atoms with E-state index >= 15 is 0 Å². The summed E-state index contributed by atoms with van der Waals surface area (Å²) in [6, 6.07) is 0. The van der Waals surface area contributed by atoms with Gasteiger partial charge < -0.3 is 23.1 Å². The first-order chi connectivity index (χ1) is 18.4. The molecule has 242 valence electrons. The number of aldehydes is 1. The number of hydrogen-bond donors (Lipinski definition) is 0. The van der Waals surface area contributed by atoms with E-state index in [1.807, 2.05) is 33.9 Å². The van der Waals surface area contributed by atoms with Gasteiger partial charge in [0.2, 0.25) is 0 Å². The molecule has 0 N–H and O–H groups in total. The van der Waals surface area contributed by atoms with Crippen LogP contribution >= 0.6 is 0 Å². The van der Waals surface area contributed by atoms with Gasteiger partial charge in [-0.15, -0.1) is 0 Å². The third-order valence-corrected chi connectivity index (χ3v) is 17.6. The summed E-state index contributed by atoms with van der Waals surface area (Å²) in [6.07, 6.45) is 2.97. The van der Waals surface area contributed by atoms with Gasteiger partial charge in [0.15, 0.2) is 16.6 Å². The molecule has 0 aromatic heterocycles. The highest BCUT2D eigenvalue weighted by Gasteiger charge is 2.41. The maximum atomic E-state index is 11.9. The van der Waals surface area contributed by atoms with Crippen molar-refractivity contribution in [3.8, 4) is 0 Å². The Morgan fingerprint density at radius 1 is 0.707 bits per heavy atom. The molecule has 0 aliphatic carbocycles. The molecule has 0 fully saturated rings. The highest BCUT2D eigenvalue weighted by Crippen LogP contribution is 2.39. The Morgan fingerprint density at radius 3 is 1.27 bits per heavy atom. The minimum Gasteiger partial charge on any atom is -0.469 e. The van der Waals surface area contributed by atoms with Crippen LogP contribution in [0.5, 0.6) is 0 Å². The Bertz CT molecular complexity index is 827. The van der Waals surface area contributed by atoms with Crippen molar-refractivity contribution < 1.29 is 32.7 Å². The van der Waals surface area contributed by atoms with Crippen LogP contribution in [0, 0.1) is 23.7 Å². The summed E-state index contributed by atoms with van der Waals surface area (Å²) in [6.45, 7) is 29.6. The van der Waals surface area contributed by atoms with Crippen molar-refractivity contribution in [3.63, 3.8) is 0 Å². The van der Waals surface area contributed by atoms with Crippen molar-refractivity contribution in [2.45, 2.75) is 131 Å². The number of carbonyl (C=O) groups is 3. The van der Waals surface area contributed by atoms with Gasteiger partial charge in [-0.25, -0.2) is 0 Å². The molecular formula is C31H63NO7Si2. The maximum absolute atomic E-state index is 11.9. The minimum atomic E-state index is -2.02. The topological polar surface area (TPSA) is 100 Å². The van der Waals surface area contributed by atoms with Gasteiger partial charge in [-0.3, -0.25) is 14.6 Å². The van der Waals surface area contributed by atoms with Crippen molar-refractivity contribution in [2.24, 2.45) is 28.7 Å². The quantitative estimate of drug-likeness (QED) is 0.0871. The third kappa shape index (κ3) is 14.6. The molecule has 0 aromatic rings. The number of rotatable bonds is 14. The summed E-state index contributed by atoms with van der Waals surface area (Å²) < 4.78 is 22.2. The van der Waals surface area contributed by atoms with E-state index in [1.165, 1.54) is 14.2 Å². The zero-order valence-corrected chi connectivity index (χ0v) is 31.3. The average Bonchev–Trinajstić information content (AvgIpc) is 2.82. The molecule has 0 aliphatic rings. The number of methoxy groups -OCH3 is 2. The number of carbonyl (C=O) groups excluding carboxylic acids is 3. The number of nitrogens with zero attached hydrogens (tertiary/aromatic N) is 1. The second kappa shape index (κ2) is 17.7. The molecule has 0 aliphatic heterocycles. The molecule has 0 unspecified atom stereocenters. The Kier molecular flexibility index (Phi) is 18.0. The lowest BCUT2D eigenvalue weighted by molar-refractivity contribution is -0.149. The van der Waals surface area contributed by atoms with Crippen LogP contribution in [-0.4, -0.2) is 74.5 Å². The fourth-order valence-electron chi connectivity index (χ4n) is 3.63. The Labute approximate surface area is 254 Å². The summed E-state index contributed by atoms with van der Waals surface area (Å²) in [7, 11) is 0.644. The normalized spacial score (nSPS) is 16.1. The van der Waals surface area contributed by atoms with Gasteiger partial charge in [0.05, 0.1) is 32.2 Å². The Balaban J connectivity index is 0. The van der Waals surface area contributed by atoms with Crippen molar-refractivity contribution >= 4 is 41.1 Å². The van der Waals surface area contributed by atoms with E-state index in [2.05, 4.69) is 72.7 Å². The molecule has 0 rings (SSSR count). The van der Waals surface area contributed by atoms with E-state index in [0.717, 1.165) is 6.29 Å². The smallest absolute Gasteiger partial charge is 0.309 e. The predicted molar refractivity (Wildman–Crippen MR) is 175 cm³/mol. The van der Waals surface area contributed by atoms with Gasteiger partial charge in [0.25, 0.3) is 0 Å². The highest BCUT2D eigenvalue weighted by atomic mass is 28.4. The van der Waals surface area contributed by atoms with Crippen LogP contribution in [0.3, 0.4) is 0 Å². The summed E-state index contributed by atoms with van der Waals surface area (Å²) in [5.74, 6) is -0.576. The molecule has 0 heterocycles. The van der Waals surface area contributed by atoms with Crippen LogP contribution in [0.4, 0.5) is 0 Å². The van der Waals surface area contributed by atoms with E-state index in [9.17, 15) is 14.4 Å². The molecule has 41 heavy (non-hydrogen) atoms. The molecule has 8 nitrogen and oxygen atoms in total. The van der Waals surface area contributed by atoms with Crippen molar-refractivity contribution in [2.75, 3.05) is 21.3 Å². The fraction of sp³-hybridized carbons (Fsp3) is 0.871. The summed E-state index contributed by atoms with van der Waals surface area (Å²) >= 11 is 0. The van der Waals surface area contributed by atoms with Gasteiger partial charge in [-0.2, -0.15) is 0 Å². The molecule has 0 aromatic carbocycles. The first-order valence-corrected chi connectivity index (χ1v) is 20.6. The highest BCUT2D eigenvalue weighted by molar-refractivity contribution is 6.74. The van der Waals surface area contributed by atoms with E-state index in [-0.39, 0.29) is 51.8 Å². The van der Waals surface area contributed by atoms with Crippen molar-refractivity contribution in [3.05, 3.63) is 0 Å². The van der Waals surface area contributed by atoms with Gasteiger partial charge >= 0.3 is 11.9 Å². The summed E-state index contributed by atoms with van der Waals surface area (Å²) in [5.41, 5.74) is 0. The lowest BCUT2D eigenvalue weighted by Gasteiger charge is -2.39. The van der Waals surface area contributed by atoms with Crippen LogP contribution in [0.25, 0.3) is 0 Å². The SMILES string of the molecule is CN=C[C@H](C[C@H](C(=O)OC)C(C)C)O[Si](C)(C)C(C)(C)C.COC(=O)[C@@H](C[C@@H](C=O)O[Si](C)(C)C(C)(C)C)C(C)C. The molecule has 0 bridgehead atoms. The van der Waals surface area contributed by atoms with Crippen molar-refractivity contribution in [1.82, 2.24) is 0 Å². The van der Waals surface area contributed by atoms with Gasteiger partial charge in [-0.1, -0.05) is 69.2 Å². The lowest BCUT2D eigenvalue weighted by Crippen LogP contribution is -2.45. The zero-order chi connectivity index (χ0) is 33.0. The molecule has 4 atom stereocenters. The van der Waals surface area contributed by atoms with Crippen LogP contribution in [0.2, 0.25) is 36.3 Å². The molecule has 0 saturated carbocycles. The van der Waals surface area contributed by atoms with Crippen LogP contribution < -0.4 is 0 Å². The second-order valence-electron chi connectivity index (χ2n) is 14.6. The summed E-state index contributed by atoms with van der Waals surface area (Å²) in [5, 5.41) is 0.165. The van der Waals surface area contributed by atoms with Crippen LogP contribution in [-0.2, 0) is 32.7 Å². The Hall–Kier alpha value is -1.37. The van der Waals surface area contributed by atoms with Gasteiger partial charge in [-0.05, 0) is 60.9 Å². The largest absolute Gasteiger partial charge is 0.469 e. The lowest BCUT2D eigenvalue weighted by atomic mass is 9.90. The number of esters is 2. The zero-order valence-electron chi connectivity index (χ0n) is 29.3. The van der Waals surface area contributed by atoms with Gasteiger partial charge in [0, 0.05) is 13.3 Å². The van der Waals surface area contributed by atoms with E-state index in [0.29, 0.717) is 12.8 Å². The maximum Gasteiger partial charge on any atom is 0.309 e. The number of ether oxygens (including phenoxy) is 2. The predicted octanol–water partition coefficient (Wildman–Crippen LogP) is 7.32. The Morgan fingerprint density at radius 2 is 1.02 bits per heavy atom. The average molecular weight is 618 g/mol. The van der Waals surface area contributed by atoms with Crippen LogP contribution in [0.1, 0.15) is 82.1 Å².